The Morgan fingerprint density at radius 2 is 2.12 bits per heavy atom. The van der Waals surface area contributed by atoms with Gasteiger partial charge in [0.05, 0.1) is 0 Å². The van der Waals surface area contributed by atoms with Gasteiger partial charge in [0.1, 0.15) is 6.10 Å². The van der Waals surface area contributed by atoms with Crippen molar-refractivity contribution in [1.82, 2.24) is 10.3 Å². The third kappa shape index (κ3) is 2.95. The molecule has 1 aliphatic rings. The summed E-state index contributed by atoms with van der Waals surface area (Å²) in [6.07, 6.45) is 4.37. The van der Waals surface area contributed by atoms with Crippen LogP contribution in [0.5, 0.6) is 5.88 Å². The summed E-state index contributed by atoms with van der Waals surface area (Å²) in [5.74, 6) is 0.749. The van der Waals surface area contributed by atoms with E-state index in [2.05, 4.69) is 24.1 Å². The SMILES string of the molecule is Cc1ccc(O[C@H]2C[C@H](NC(C)C)C2)nc1. The Morgan fingerprint density at radius 1 is 1.38 bits per heavy atom. The molecule has 0 spiro atoms. The van der Waals surface area contributed by atoms with Crippen LogP contribution in [0.15, 0.2) is 18.3 Å². The van der Waals surface area contributed by atoms with Crippen LogP contribution in [0.3, 0.4) is 0 Å². The van der Waals surface area contributed by atoms with Crippen molar-refractivity contribution in [2.45, 2.75) is 51.8 Å². The predicted molar refractivity (Wildman–Crippen MR) is 64.7 cm³/mol. The normalized spacial score (nSPS) is 24.2. The summed E-state index contributed by atoms with van der Waals surface area (Å²) < 4.78 is 5.77. The van der Waals surface area contributed by atoms with Crippen LogP contribution < -0.4 is 10.1 Å². The molecule has 0 atom stereocenters. The van der Waals surface area contributed by atoms with E-state index in [1.165, 1.54) is 5.56 Å². The lowest BCUT2D eigenvalue weighted by molar-refractivity contribution is 0.0772. The maximum atomic E-state index is 5.77. The van der Waals surface area contributed by atoms with Crippen molar-refractivity contribution in [1.29, 1.82) is 0 Å². The van der Waals surface area contributed by atoms with Gasteiger partial charge >= 0.3 is 0 Å². The first-order valence-corrected chi connectivity index (χ1v) is 5.99. The van der Waals surface area contributed by atoms with Crippen molar-refractivity contribution in [3.63, 3.8) is 0 Å². The van der Waals surface area contributed by atoms with Crippen molar-refractivity contribution in [3.05, 3.63) is 23.9 Å². The van der Waals surface area contributed by atoms with Gasteiger partial charge in [-0.05, 0) is 25.3 Å². The van der Waals surface area contributed by atoms with E-state index in [-0.39, 0.29) is 0 Å². The van der Waals surface area contributed by atoms with Gasteiger partial charge in [-0.3, -0.25) is 0 Å². The summed E-state index contributed by atoms with van der Waals surface area (Å²) in [5, 5.41) is 3.50. The highest BCUT2D eigenvalue weighted by Crippen LogP contribution is 2.25. The second-order valence-corrected chi connectivity index (χ2v) is 4.90. The topological polar surface area (TPSA) is 34.1 Å². The Labute approximate surface area is 97.2 Å². The van der Waals surface area contributed by atoms with Crippen molar-refractivity contribution >= 4 is 0 Å². The van der Waals surface area contributed by atoms with Crippen molar-refractivity contribution < 1.29 is 4.74 Å². The van der Waals surface area contributed by atoms with Crippen molar-refractivity contribution in [2.24, 2.45) is 0 Å². The van der Waals surface area contributed by atoms with Crippen LogP contribution in [0.25, 0.3) is 0 Å². The summed E-state index contributed by atoms with van der Waals surface area (Å²) >= 11 is 0. The molecule has 1 saturated carbocycles. The van der Waals surface area contributed by atoms with Gasteiger partial charge < -0.3 is 10.1 Å². The molecule has 0 radical (unpaired) electrons. The summed E-state index contributed by atoms with van der Waals surface area (Å²) in [6.45, 7) is 6.38. The number of nitrogens with zero attached hydrogens (tertiary/aromatic N) is 1. The molecule has 88 valence electrons. The van der Waals surface area contributed by atoms with Gasteiger partial charge in [-0.1, -0.05) is 19.9 Å². The van der Waals surface area contributed by atoms with Gasteiger partial charge in [0.2, 0.25) is 5.88 Å². The highest BCUT2D eigenvalue weighted by atomic mass is 16.5. The predicted octanol–water partition coefficient (Wildman–Crippen LogP) is 2.30. The van der Waals surface area contributed by atoms with E-state index in [1.807, 2.05) is 25.3 Å². The maximum Gasteiger partial charge on any atom is 0.213 e. The lowest BCUT2D eigenvalue weighted by atomic mass is 9.89. The van der Waals surface area contributed by atoms with Crippen molar-refractivity contribution in [2.75, 3.05) is 0 Å². The minimum Gasteiger partial charge on any atom is -0.474 e. The molecule has 1 aromatic heterocycles. The molecular weight excluding hydrogens is 200 g/mol. The maximum absolute atomic E-state index is 5.77. The zero-order valence-electron chi connectivity index (χ0n) is 10.2. The van der Waals surface area contributed by atoms with Gasteiger partial charge in [0.15, 0.2) is 0 Å². The van der Waals surface area contributed by atoms with E-state index in [4.69, 9.17) is 4.74 Å². The number of rotatable bonds is 4. The standard InChI is InChI=1S/C13H20N2O/c1-9(2)15-11-6-12(7-11)16-13-5-4-10(3)8-14-13/h4-5,8-9,11-12,15H,6-7H2,1-3H3/t11-,12-. The van der Waals surface area contributed by atoms with Gasteiger partial charge in [-0.15, -0.1) is 0 Å². The van der Waals surface area contributed by atoms with Crippen LogP contribution in [-0.2, 0) is 0 Å². The Bertz CT molecular complexity index is 328. The van der Waals surface area contributed by atoms with Gasteiger partial charge in [-0.25, -0.2) is 4.98 Å². The fraction of sp³-hybridized carbons (Fsp3) is 0.615. The van der Waals surface area contributed by atoms with Crippen molar-refractivity contribution in [3.8, 4) is 5.88 Å². The molecule has 16 heavy (non-hydrogen) atoms. The minimum atomic E-state index is 0.339. The zero-order valence-corrected chi connectivity index (χ0v) is 10.2. The first-order valence-electron chi connectivity index (χ1n) is 5.99. The first-order chi connectivity index (χ1) is 7.63. The molecule has 1 aliphatic carbocycles. The Kier molecular flexibility index (Phi) is 3.44. The van der Waals surface area contributed by atoms with E-state index in [0.29, 0.717) is 18.2 Å². The molecule has 1 N–H and O–H groups in total. The molecule has 2 rings (SSSR count). The average Bonchev–Trinajstić information content (AvgIpc) is 2.17. The van der Waals surface area contributed by atoms with Crippen LogP contribution in [0.2, 0.25) is 0 Å². The summed E-state index contributed by atoms with van der Waals surface area (Å²) in [4.78, 5) is 4.24. The monoisotopic (exact) mass is 220 g/mol. The fourth-order valence-electron chi connectivity index (χ4n) is 1.96. The van der Waals surface area contributed by atoms with Gasteiger partial charge in [0.25, 0.3) is 0 Å². The largest absolute Gasteiger partial charge is 0.474 e. The zero-order chi connectivity index (χ0) is 11.5. The summed E-state index contributed by atoms with van der Waals surface area (Å²) in [5.41, 5.74) is 1.17. The van der Waals surface area contributed by atoms with E-state index >= 15 is 0 Å². The highest BCUT2D eigenvalue weighted by Gasteiger charge is 2.31. The number of aromatic nitrogens is 1. The number of nitrogens with one attached hydrogen (secondary N) is 1. The average molecular weight is 220 g/mol. The smallest absolute Gasteiger partial charge is 0.213 e. The summed E-state index contributed by atoms with van der Waals surface area (Å²) in [7, 11) is 0. The molecule has 0 unspecified atom stereocenters. The third-order valence-electron chi connectivity index (χ3n) is 2.84. The van der Waals surface area contributed by atoms with E-state index in [0.717, 1.165) is 18.7 Å². The molecule has 0 amide bonds. The molecule has 3 heteroatoms. The molecular formula is C13H20N2O. The molecule has 1 aromatic rings. The lowest BCUT2D eigenvalue weighted by Gasteiger charge is -2.36. The number of pyridine rings is 1. The molecule has 0 bridgehead atoms. The molecule has 1 heterocycles. The van der Waals surface area contributed by atoms with Crippen LogP contribution in [-0.4, -0.2) is 23.2 Å². The number of aryl methyl sites for hydroxylation is 1. The van der Waals surface area contributed by atoms with Crippen LogP contribution >= 0.6 is 0 Å². The Morgan fingerprint density at radius 3 is 2.69 bits per heavy atom. The van der Waals surface area contributed by atoms with Crippen LogP contribution in [0.1, 0.15) is 32.3 Å². The second kappa shape index (κ2) is 4.83. The molecule has 0 aromatic carbocycles. The van der Waals surface area contributed by atoms with Gasteiger partial charge in [0, 0.05) is 24.3 Å². The van der Waals surface area contributed by atoms with E-state index in [1.54, 1.807) is 0 Å². The molecule has 1 fully saturated rings. The lowest BCUT2D eigenvalue weighted by Crippen LogP contribution is -2.49. The fourth-order valence-corrected chi connectivity index (χ4v) is 1.96. The van der Waals surface area contributed by atoms with E-state index < -0.39 is 0 Å². The Balaban J connectivity index is 1.75. The molecule has 0 saturated heterocycles. The molecule has 0 aliphatic heterocycles. The number of hydrogen-bond donors (Lipinski definition) is 1. The van der Waals surface area contributed by atoms with Crippen LogP contribution in [0.4, 0.5) is 0 Å². The minimum absolute atomic E-state index is 0.339. The number of hydrogen-bond acceptors (Lipinski definition) is 3. The molecule has 3 nitrogen and oxygen atoms in total. The van der Waals surface area contributed by atoms with Crippen LogP contribution in [0, 0.1) is 6.92 Å². The Hall–Kier alpha value is -1.09. The quantitative estimate of drug-likeness (QED) is 0.845. The first kappa shape index (κ1) is 11.4. The summed E-state index contributed by atoms with van der Waals surface area (Å²) in [6, 6.07) is 5.16. The highest BCUT2D eigenvalue weighted by molar-refractivity contribution is 5.16. The number of ether oxygens (including phenoxy) is 1. The van der Waals surface area contributed by atoms with E-state index in [9.17, 15) is 0 Å². The van der Waals surface area contributed by atoms with Gasteiger partial charge in [-0.2, -0.15) is 0 Å². The third-order valence-corrected chi connectivity index (χ3v) is 2.84. The second-order valence-electron chi connectivity index (χ2n) is 4.90.